The van der Waals surface area contributed by atoms with E-state index in [9.17, 15) is 4.79 Å². The van der Waals surface area contributed by atoms with Crippen LogP contribution < -0.4 is 10.5 Å². The third-order valence-corrected chi connectivity index (χ3v) is 4.22. The second-order valence-electron chi connectivity index (χ2n) is 5.65. The van der Waals surface area contributed by atoms with E-state index in [1.165, 1.54) is 12.8 Å². The zero-order valence-electron chi connectivity index (χ0n) is 10.4. The highest BCUT2D eigenvalue weighted by Crippen LogP contribution is 2.41. The standard InChI is InChI=1S/C13H19N3O/c1-8(2)11-5-14-13(15-12(11)17)16-6-9-3-4-10(9)7-16/h5,8-10H,3-4,6-7H2,1-2H3,(H,14,15,17). The molecule has 4 nitrogen and oxygen atoms in total. The molecular formula is C13H19N3O. The average molecular weight is 233 g/mol. The fraction of sp³-hybridized carbons (Fsp3) is 0.692. The average Bonchev–Trinajstić information content (AvgIpc) is 2.54. The molecule has 0 spiro atoms. The number of aromatic nitrogens is 2. The summed E-state index contributed by atoms with van der Waals surface area (Å²) in [6.07, 6.45) is 4.42. The van der Waals surface area contributed by atoms with E-state index in [1.54, 1.807) is 6.20 Å². The molecule has 2 unspecified atom stereocenters. The molecule has 17 heavy (non-hydrogen) atoms. The largest absolute Gasteiger partial charge is 0.342 e. The molecule has 1 aliphatic carbocycles. The van der Waals surface area contributed by atoms with Crippen LogP contribution in [0.25, 0.3) is 0 Å². The molecule has 0 radical (unpaired) electrons. The number of hydrogen-bond donors (Lipinski definition) is 1. The van der Waals surface area contributed by atoms with Crippen molar-refractivity contribution in [2.45, 2.75) is 32.6 Å². The first-order valence-electron chi connectivity index (χ1n) is 6.49. The molecule has 1 aromatic heterocycles. The minimum absolute atomic E-state index is 0.0178. The summed E-state index contributed by atoms with van der Waals surface area (Å²) in [5, 5.41) is 0. The van der Waals surface area contributed by atoms with Gasteiger partial charge in [0.15, 0.2) is 0 Å². The highest BCUT2D eigenvalue weighted by atomic mass is 16.1. The molecular weight excluding hydrogens is 214 g/mol. The lowest BCUT2D eigenvalue weighted by atomic mass is 9.77. The van der Waals surface area contributed by atoms with Crippen molar-refractivity contribution in [3.05, 3.63) is 22.1 Å². The van der Waals surface area contributed by atoms with Crippen LogP contribution in [0.3, 0.4) is 0 Å². The van der Waals surface area contributed by atoms with Gasteiger partial charge >= 0.3 is 0 Å². The van der Waals surface area contributed by atoms with Gasteiger partial charge in [0.25, 0.3) is 5.56 Å². The molecule has 1 N–H and O–H groups in total. The van der Waals surface area contributed by atoms with Gasteiger partial charge < -0.3 is 4.90 Å². The molecule has 0 aromatic carbocycles. The Morgan fingerprint density at radius 1 is 1.35 bits per heavy atom. The molecule has 4 heteroatoms. The molecule has 1 aliphatic heterocycles. The van der Waals surface area contributed by atoms with Crippen molar-refractivity contribution in [3.63, 3.8) is 0 Å². The fourth-order valence-electron chi connectivity index (χ4n) is 2.90. The summed E-state index contributed by atoms with van der Waals surface area (Å²) >= 11 is 0. The molecule has 1 aromatic rings. The van der Waals surface area contributed by atoms with Crippen LogP contribution in [0.15, 0.2) is 11.0 Å². The maximum Gasteiger partial charge on any atom is 0.255 e. The minimum Gasteiger partial charge on any atom is -0.342 e. The number of fused-ring (bicyclic) bond motifs is 1. The Bertz CT molecular complexity index is 468. The first-order valence-corrected chi connectivity index (χ1v) is 6.49. The Morgan fingerprint density at radius 2 is 2.00 bits per heavy atom. The van der Waals surface area contributed by atoms with Gasteiger partial charge in [-0.2, -0.15) is 0 Å². The van der Waals surface area contributed by atoms with Crippen LogP contribution in [0, 0.1) is 11.8 Å². The molecule has 1 saturated heterocycles. The molecule has 92 valence electrons. The van der Waals surface area contributed by atoms with Gasteiger partial charge in [-0.1, -0.05) is 13.8 Å². The predicted molar refractivity (Wildman–Crippen MR) is 67.4 cm³/mol. The van der Waals surface area contributed by atoms with Crippen LogP contribution in [0.1, 0.15) is 38.2 Å². The SMILES string of the molecule is CC(C)c1cnc(N2CC3CCC3C2)[nH]c1=O. The van der Waals surface area contributed by atoms with E-state index in [-0.39, 0.29) is 11.5 Å². The third kappa shape index (κ3) is 1.75. The second kappa shape index (κ2) is 3.86. The van der Waals surface area contributed by atoms with Gasteiger partial charge in [-0.3, -0.25) is 9.78 Å². The van der Waals surface area contributed by atoms with Gasteiger partial charge in [-0.15, -0.1) is 0 Å². The fourth-order valence-corrected chi connectivity index (χ4v) is 2.90. The van der Waals surface area contributed by atoms with Crippen LogP contribution in [-0.4, -0.2) is 23.1 Å². The summed E-state index contributed by atoms with van der Waals surface area (Å²) in [5.41, 5.74) is 0.792. The molecule has 0 bridgehead atoms. The van der Waals surface area contributed by atoms with E-state index in [0.717, 1.165) is 36.4 Å². The molecule has 2 aliphatic rings. The number of aromatic amines is 1. The van der Waals surface area contributed by atoms with Gasteiger partial charge in [0.05, 0.1) is 0 Å². The maximum absolute atomic E-state index is 11.9. The van der Waals surface area contributed by atoms with Crippen molar-refractivity contribution in [2.24, 2.45) is 11.8 Å². The number of nitrogens with one attached hydrogen (secondary N) is 1. The van der Waals surface area contributed by atoms with Gasteiger partial charge in [-0.05, 0) is 30.6 Å². The molecule has 2 heterocycles. The number of nitrogens with zero attached hydrogens (tertiary/aromatic N) is 2. The Morgan fingerprint density at radius 3 is 2.47 bits per heavy atom. The van der Waals surface area contributed by atoms with E-state index in [1.807, 2.05) is 13.8 Å². The Kier molecular flexibility index (Phi) is 2.45. The summed E-state index contributed by atoms with van der Waals surface area (Å²) in [5.74, 6) is 2.67. The van der Waals surface area contributed by atoms with E-state index < -0.39 is 0 Å². The van der Waals surface area contributed by atoms with Crippen LogP contribution >= 0.6 is 0 Å². The van der Waals surface area contributed by atoms with Crippen LogP contribution in [-0.2, 0) is 0 Å². The smallest absolute Gasteiger partial charge is 0.255 e. The van der Waals surface area contributed by atoms with E-state index in [0.29, 0.717) is 0 Å². The van der Waals surface area contributed by atoms with Crippen molar-refractivity contribution in [2.75, 3.05) is 18.0 Å². The van der Waals surface area contributed by atoms with Crippen molar-refractivity contribution in [1.82, 2.24) is 9.97 Å². The minimum atomic E-state index is 0.0178. The molecule has 1 saturated carbocycles. The van der Waals surface area contributed by atoms with Crippen molar-refractivity contribution >= 4 is 5.95 Å². The summed E-state index contributed by atoms with van der Waals surface area (Å²) in [6.45, 7) is 6.16. The summed E-state index contributed by atoms with van der Waals surface area (Å²) < 4.78 is 0. The van der Waals surface area contributed by atoms with Gasteiger partial charge in [0.2, 0.25) is 5.95 Å². The van der Waals surface area contributed by atoms with Gasteiger partial charge in [0, 0.05) is 24.8 Å². The lowest BCUT2D eigenvalue weighted by Gasteiger charge is -2.27. The van der Waals surface area contributed by atoms with E-state index in [4.69, 9.17) is 0 Å². The first kappa shape index (κ1) is 10.8. The zero-order valence-corrected chi connectivity index (χ0v) is 10.4. The number of hydrogen-bond acceptors (Lipinski definition) is 3. The normalized spacial score (nSPS) is 27.1. The maximum atomic E-state index is 11.9. The van der Waals surface area contributed by atoms with Crippen LogP contribution in [0.4, 0.5) is 5.95 Å². The molecule has 2 fully saturated rings. The van der Waals surface area contributed by atoms with Crippen molar-refractivity contribution < 1.29 is 0 Å². The van der Waals surface area contributed by atoms with Crippen molar-refractivity contribution in [3.8, 4) is 0 Å². The topological polar surface area (TPSA) is 49.0 Å². The van der Waals surface area contributed by atoms with E-state index >= 15 is 0 Å². The lowest BCUT2D eigenvalue weighted by Crippen LogP contribution is -2.26. The van der Waals surface area contributed by atoms with Crippen LogP contribution in [0.2, 0.25) is 0 Å². The third-order valence-electron chi connectivity index (χ3n) is 4.22. The number of H-pyrrole nitrogens is 1. The zero-order chi connectivity index (χ0) is 12.0. The summed E-state index contributed by atoms with van der Waals surface area (Å²) in [6, 6.07) is 0. The first-order chi connectivity index (χ1) is 8.15. The molecule has 3 rings (SSSR count). The van der Waals surface area contributed by atoms with Gasteiger partial charge in [-0.25, -0.2) is 4.98 Å². The summed E-state index contributed by atoms with van der Waals surface area (Å²) in [4.78, 5) is 21.5. The Labute approximate surface area is 101 Å². The second-order valence-corrected chi connectivity index (χ2v) is 5.65. The monoisotopic (exact) mass is 233 g/mol. The Balaban J connectivity index is 1.84. The quantitative estimate of drug-likeness (QED) is 0.846. The molecule has 0 amide bonds. The van der Waals surface area contributed by atoms with Crippen LogP contribution in [0.5, 0.6) is 0 Å². The lowest BCUT2D eigenvalue weighted by molar-refractivity contribution is 0.243. The summed E-state index contributed by atoms with van der Waals surface area (Å²) in [7, 11) is 0. The highest BCUT2D eigenvalue weighted by molar-refractivity contribution is 5.33. The Hall–Kier alpha value is -1.32. The highest BCUT2D eigenvalue weighted by Gasteiger charge is 2.39. The van der Waals surface area contributed by atoms with Crippen molar-refractivity contribution in [1.29, 1.82) is 0 Å². The number of anilines is 1. The predicted octanol–water partition coefficient (Wildman–Crippen LogP) is 1.74. The van der Waals surface area contributed by atoms with E-state index in [2.05, 4.69) is 14.9 Å². The van der Waals surface area contributed by atoms with Gasteiger partial charge in [0.1, 0.15) is 0 Å². The molecule has 2 atom stereocenters. The number of rotatable bonds is 2.